The van der Waals surface area contributed by atoms with Crippen LogP contribution in [-0.4, -0.2) is 17.8 Å². The molecule has 0 heterocycles. The Morgan fingerprint density at radius 3 is 2.35 bits per heavy atom. The molecular formula is C14H21BrO2. The highest BCUT2D eigenvalue weighted by Crippen LogP contribution is 2.23. The molecule has 0 aliphatic rings. The molecule has 0 bridgehead atoms. The molecule has 0 amide bonds. The van der Waals surface area contributed by atoms with E-state index in [-0.39, 0.29) is 11.5 Å². The standard InChI is InChI=1S/C14H21BrO2/c1-14(2,3)13(16)5-4-10-17-12-8-6-11(15)7-9-12/h6-9,13,16H,4-5,10H2,1-3H3. The monoisotopic (exact) mass is 300 g/mol. The van der Waals surface area contributed by atoms with Crippen LogP contribution in [0.1, 0.15) is 33.6 Å². The van der Waals surface area contributed by atoms with Gasteiger partial charge in [0, 0.05) is 4.47 Å². The van der Waals surface area contributed by atoms with Gasteiger partial charge in [-0.2, -0.15) is 0 Å². The third-order valence-corrected chi connectivity index (χ3v) is 3.23. The maximum atomic E-state index is 9.86. The molecule has 0 aliphatic carbocycles. The molecule has 0 saturated carbocycles. The van der Waals surface area contributed by atoms with Crippen molar-refractivity contribution in [2.75, 3.05) is 6.61 Å². The number of ether oxygens (including phenoxy) is 1. The topological polar surface area (TPSA) is 29.5 Å². The molecule has 0 aromatic heterocycles. The van der Waals surface area contributed by atoms with E-state index < -0.39 is 0 Å². The van der Waals surface area contributed by atoms with Crippen molar-refractivity contribution in [2.24, 2.45) is 5.41 Å². The number of halogens is 1. The Morgan fingerprint density at radius 1 is 1.24 bits per heavy atom. The number of aliphatic hydroxyl groups excluding tert-OH is 1. The molecule has 1 aromatic rings. The van der Waals surface area contributed by atoms with E-state index in [1.165, 1.54) is 0 Å². The quantitative estimate of drug-likeness (QED) is 0.833. The second-order valence-corrected chi connectivity index (χ2v) is 6.24. The minimum atomic E-state index is -0.268. The van der Waals surface area contributed by atoms with Crippen LogP contribution in [0.25, 0.3) is 0 Å². The van der Waals surface area contributed by atoms with Gasteiger partial charge >= 0.3 is 0 Å². The summed E-state index contributed by atoms with van der Waals surface area (Å²) in [6.07, 6.45) is 1.38. The molecule has 0 spiro atoms. The maximum Gasteiger partial charge on any atom is 0.119 e. The van der Waals surface area contributed by atoms with E-state index in [4.69, 9.17) is 4.74 Å². The molecular weight excluding hydrogens is 280 g/mol. The molecule has 0 fully saturated rings. The second kappa shape index (κ2) is 6.41. The van der Waals surface area contributed by atoms with E-state index in [9.17, 15) is 5.11 Å². The van der Waals surface area contributed by atoms with Crippen molar-refractivity contribution in [1.82, 2.24) is 0 Å². The van der Waals surface area contributed by atoms with Crippen molar-refractivity contribution >= 4 is 15.9 Å². The number of aliphatic hydroxyl groups is 1. The minimum absolute atomic E-state index is 0.0440. The fourth-order valence-corrected chi connectivity index (χ4v) is 1.69. The van der Waals surface area contributed by atoms with Crippen molar-refractivity contribution in [3.8, 4) is 5.75 Å². The lowest BCUT2D eigenvalue weighted by atomic mass is 9.87. The van der Waals surface area contributed by atoms with Gasteiger partial charge in [-0.25, -0.2) is 0 Å². The van der Waals surface area contributed by atoms with Crippen LogP contribution in [0.3, 0.4) is 0 Å². The molecule has 1 rings (SSSR count). The Morgan fingerprint density at radius 2 is 1.82 bits per heavy atom. The Kier molecular flexibility index (Phi) is 5.47. The largest absolute Gasteiger partial charge is 0.494 e. The lowest BCUT2D eigenvalue weighted by Gasteiger charge is -2.25. The molecule has 3 heteroatoms. The lowest BCUT2D eigenvalue weighted by Crippen LogP contribution is -2.26. The summed E-state index contributed by atoms with van der Waals surface area (Å²) in [5.74, 6) is 0.874. The van der Waals surface area contributed by atoms with Crippen molar-refractivity contribution in [2.45, 2.75) is 39.7 Å². The highest BCUT2D eigenvalue weighted by atomic mass is 79.9. The van der Waals surface area contributed by atoms with Crippen molar-refractivity contribution in [1.29, 1.82) is 0 Å². The average Bonchev–Trinajstić information content (AvgIpc) is 2.25. The molecule has 0 saturated heterocycles. The van der Waals surface area contributed by atoms with E-state index in [1.54, 1.807) is 0 Å². The van der Waals surface area contributed by atoms with Crippen molar-refractivity contribution in [3.63, 3.8) is 0 Å². The Labute approximate surface area is 112 Å². The van der Waals surface area contributed by atoms with E-state index in [2.05, 4.69) is 15.9 Å². The highest BCUT2D eigenvalue weighted by molar-refractivity contribution is 9.10. The predicted molar refractivity (Wildman–Crippen MR) is 74.3 cm³/mol. The molecule has 1 unspecified atom stereocenters. The summed E-state index contributed by atoms with van der Waals surface area (Å²) in [7, 11) is 0. The lowest BCUT2D eigenvalue weighted by molar-refractivity contribution is 0.0505. The van der Waals surface area contributed by atoms with Crippen LogP contribution in [0.4, 0.5) is 0 Å². The average molecular weight is 301 g/mol. The molecule has 0 radical (unpaired) electrons. The first-order valence-electron chi connectivity index (χ1n) is 5.96. The first kappa shape index (κ1) is 14.5. The zero-order valence-electron chi connectivity index (χ0n) is 10.7. The summed E-state index contributed by atoms with van der Waals surface area (Å²) in [6.45, 7) is 6.79. The number of hydrogen-bond acceptors (Lipinski definition) is 2. The summed E-state index contributed by atoms with van der Waals surface area (Å²) in [5, 5.41) is 9.86. The van der Waals surface area contributed by atoms with Crippen LogP contribution in [0.2, 0.25) is 0 Å². The van der Waals surface area contributed by atoms with Gasteiger partial charge in [0.05, 0.1) is 12.7 Å². The van der Waals surface area contributed by atoms with Crippen LogP contribution in [0, 0.1) is 5.41 Å². The smallest absolute Gasteiger partial charge is 0.119 e. The van der Waals surface area contributed by atoms with E-state index in [0.29, 0.717) is 6.61 Å². The fourth-order valence-electron chi connectivity index (χ4n) is 1.43. The van der Waals surface area contributed by atoms with Gasteiger partial charge in [0.2, 0.25) is 0 Å². The normalized spacial score (nSPS) is 13.5. The Bertz CT molecular complexity index is 327. The van der Waals surface area contributed by atoms with E-state index in [0.717, 1.165) is 23.1 Å². The molecule has 0 aliphatic heterocycles. The van der Waals surface area contributed by atoms with Gasteiger partial charge in [-0.05, 0) is 42.5 Å². The zero-order chi connectivity index (χ0) is 12.9. The maximum absolute atomic E-state index is 9.86. The van der Waals surface area contributed by atoms with Crippen LogP contribution in [-0.2, 0) is 0 Å². The highest BCUT2D eigenvalue weighted by Gasteiger charge is 2.21. The van der Waals surface area contributed by atoms with Gasteiger partial charge in [-0.3, -0.25) is 0 Å². The summed E-state index contributed by atoms with van der Waals surface area (Å²) < 4.78 is 6.64. The summed E-state index contributed by atoms with van der Waals surface area (Å²) in [5.41, 5.74) is -0.0440. The first-order valence-corrected chi connectivity index (χ1v) is 6.75. The molecule has 1 aromatic carbocycles. The van der Waals surface area contributed by atoms with Gasteiger partial charge < -0.3 is 9.84 Å². The van der Waals surface area contributed by atoms with Gasteiger partial charge in [-0.15, -0.1) is 0 Å². The van der Waals surface area contributed by atoms with Gasteiger partial charge in [-0.1, -0.05) is 36.7 Å². The van der Waals surface area contributed by atoms with Crippen molar-refractivity contribution < 1.29 is 9.84 Å². The predicted octanol–water partition coefficient (Wildman–Crippen LogP) is 4.02. The fraction of sp³-hybridized carbons (Fsp3) is 0.571. The van der Waals surface area contributed by atoms with Crippen LogP contribution in [0.5, 0.6) is 5.75 Å². The van der Waals surface area contributed by atoms with Crippen molar-refractivity contribution in [3.05, 3.63) is 28.7 Å². The summed E-state index contributed by atoms with van der Waals surface area (Å²) in [4.78, 5) is 0. The van der Waals surface area contributed by atoms with Gasteiger partial charge in [0.1, 0.15) is 5.75 Å². The second-order valence-electron chi connectivity index (χ2n) is 5.33. The molecule has 1 atom stereocenters. The minimum Gasteiger partial charge on any atom is -0.494 e. The zero-order valence-corrected chi connectivity index (χ0v) is 12.3. The number of hydrogen-bond donors (Lipinski definition) is 1. The summed E-state index contributed by atoms with van der Waals surface area (Å²) >= 11 is 3.38. The Hall–Kier alpha value is -0.540. The van der Waals surface area contributed by atoms with Crippen LogP contribution >= 0.6 is 15.9 Å². The van der Waals surface area contributed by atoms with E-state index >= 15 is 0 Å². The SMILES string of the molecule is CC(C)(C)C(O)CCCOc1ccc(Br)cc1. The van der Waals surface area contributed by atoms with E-state index in [1.807, 2.05) is 45.0 Å². The molecule has 17 heavy (non-hydrogen) atoms. The number of rotatable bonds is 5. The first-order chi connectivity index (χ1) is 7.89. The molecule has 96 valence electrons. The third-order valence-electron chi connectivity index (χ3n) is 2.70. The molecule has 2 nitrogen and oxygen atoms in total. The molecule has 1 N–H and O–H groups in total. The Balaban J connectivity index is 2.23. The van der Waals surface area contributed by atoms with Gasteiger partial charge in [0.25, 0.3) is 0 Å². The van der Waals surface area contributed by atoms with Gasteiger partial charge in [0.15, 0.2) is 0 Å². The number of benzene rings is 1. The third kappa shape index (κ3) is 5.55. The summed E-state index contributed by atoms with van der Waals surface area (Å²) in [6, 6.07) is 7.78. The van der Waals surface area contributed by atoms with Crippen LogP contribution in [0.15, 0.2) is 28.7 Å². The van der Waals surface area contributed by atoms with Crippen LogP contribution < -0.4 is 4.74 Å².